The maximum atomic E-state index is 13.4. The molecule has 0 aromatic heterocycles. The average Bonchev–Trinajstić information content (AvgIpc) is 3.22. The van der Waals surface area contributed by atoms with Crippen molar-refractivity contribution in [1.29, 1.82) is 0 Å². The van der Waals surface area contributed by atoms with Crippen LogP contribution in [0.25, 0.3) is 0 Å². The smallest absolute Gasteiger partial charge is 0.405 e. The van der Waals surface area contributed by atoms with Crippen molar-refractivity contribution in [2.45, 2.75) is 81.4 Å². The Labute approximate surface area is 160 Å². The molecule has 0 radical (unpaired) electrons. The van der Waals surface area contributed by atoms with Crippen molar-refractivity contribution in [3.63, 3.8) is 0 Å². The normalized spacial score (nSPS) is 47.6. The van der Waals surface area contributed by atoms with E-state index in [9.17, 15) is 9.59 Å². The Morgan fingerprint density at radius 2 is 1.93 bits per heavy atom. The van der Waals surface area contributed by atoms with Crippen LogP contribution in [0.2, 0.25) is 0 Å². The molecule has 148 valence electrons. The predicted molar refractivity (Wildman–Crippen MR) is 98.9 cm³/mol. The lowest BCUT2D eigenvalue weighted by molar-refractivity contribution is -0.152. The maximum Gasteiger partial charge on any atom is 0.405 e. The van der Waals surface area contributed by atoms with E-state index in [4.69, 9.17) is 10.5 Å². The summed E-state index contributed by atoms with van der Waals surface area (Å²) in [4.78, 5) is 29.4. The topological polar surface area (TPSA) is 75.9 Å². The molecule has 2 aliphatic heterocycles. The fourth-order valence-corrected chi connectivity index (χ4v) is 8.08. The van der Waals surface area contributed by atoms with Crippen molar-refractivity contribution in [1.82, 2.24) is 9.80 Å². The lowest BCUT2D eigenvalue weighted by atomic mass is 9.52. The van der Waals surface area contributed by atoms with E-state index >= 15 is 0 Å². The van der Waals surface area contributed by atoms with E-state index in [0.29, 0.717) is 29.8 Å². The van der Waals surface area contributed by atoms with Gasteiger partial charge in [-0.1, -0.05) is 12.8 Å². The molecule has 4 bridgehead atoms. The summed E-state index contributed by atoms with van der Waals surface area (Å²) >= 11 is 0. The first-order valence-electron chi connectivity index (χ1n) is 11.0. The molecule has 2 heterocycles. The van der Waals surface area contributed by atoms with Gasteiger partial charge in [-0.2, -0.15) is 0 Å². The molecule has 3 amide bonds. The number of fused-ring (bicyclic) bond motifs is 1. The van der Waals surface area contributed by atoms with Crippen LogP contribution in [-0.4, -0.2) is 52.2 Å². The van der Waals surface area contributed by atoms with Crippen molar-refractivity contribution < 1.29 is 14.3 Å². The first kappa shape index (κ1) is 16.5. The summed E-state index contributed by atoms with van der Waals surface area (Å²) in [6.45, 7) is 1.88. The van der Waals surface area contributed by atoms with E-state index in [1.807, 2.05) is 0 Å². The van der Waals surface area contributed by atoms with Gasteiger partial charge in [-0.05, 0) is 75.0 Å². The van der Waals surface area contributed by atoms with Gasteiger partial charge in [0.15, 0.2) is 0 Å². The highest BCUT2D eigenvalue weighted by molar-refractivity contribution is 5.79. The molecule has 6 heteroatoms. The number of nitrogens with two attached hydrogens (primary N) is 1. The molecule has 5 aliphatic carbocycles. The molecular weight excluding hydrogens is 342 g/mol. The highest BCUT2D eigenvalue weighted by atomic mass is 16.6. The summed E-state index contributed by atoms with van der Waals surface area (Å²) in [5, 5.41) is 0. The number of rotatable bonds is 4. The number of carbonyl (C=O) groups is 2. The van der Waals surface area contributed by atoms with Crippen LogP contribution in [0, 0.1) is 23.7 Å². The maximum absolute atomic E-state index is 13.4. The zero-order valence-corrected chi connectivity index (χ0v) is 16.1. The highest BCUT2D eigenvalue weighted by Gasteiger charge is 2.63. The molecule has 3 unspecified atom stereocenters. The van der Waals surface area contributed by atoms with E-state index in [1.54, 1.807) is 0 Å². The van der Waals surface area contributed by atoms with Gasteiger partial charge in [0.1, 0.15) is 5.60 Å². The van der Waals surface area contributed by atoms with Gasteiger partial charge in [-0.3, -0.25) is 0 Å². The molecule has 2 N–H and O–H groups in total. The van der Waals surface area contributed by atoms with Crippen LogP contribution in [0.3, 0.4) is 0 Å². The molecule has 0 spiro atoms. The van der Waals surface area contributed by atoms with Gasteiger partial charge in [0, 0.05) is 19.1 Å². The number of ether oxygens (including phenoxy) is 1. The second-order valence-corrected chi connectivity index (χ2v) is 10.6. The summed E-state index contributed by atoms with van der Waals surface area (Å²) in [7, 11) is 0. The molecule has 7 rings (SSSR count). The van der Waals surface area contributed by atoms with E-state index in [2.05, 4.69) is 9.80 Å². The second-order valence-electron chi connectivity index (χ2n) is 10.6. The summed E-state index contributed by atoms with van der Waals surface area (Å²) in [5.74, 6) is 2.43. The molecule has 7 aliphatic rings. The van der Waals surface area contributed by atoms with Crippen molar-refractivity contribution in [2.24, 2.45) is 29.4 Å². The molecule has 7 fully saturated rings. The van der Waals surface area contributed by atoms with Crippen LogP contribution >= 0.6 is 0 Å². The fraction of sp³-hybridized carbons (Fsp3) is 0.905. The van der Waals surface area contributed by atoms with Crippen LogP contribution in [0.15, 0.2) is 0 Å². The minimum Gasteiger partial charge on any atom is -0.443 e. The molecule has 6 nitrogen and oxygen atoms in total. The zero-order chi connectivity index (χ0) is 18.4. The van der Waals surface area contributed by atoms with Crippen LogP contribution in [0.5, 0.6) is 0 Å². The molecule has 0 aromatic rings. The van der Waals surface area contributed by atoms with E-state index in [0.717, 1.165) is 38.3 Å². The van der Waals surface area contributed by atoms with Crippen LogP contribution in [0.4, 0.5) is 9.59 Å². The quantitative estimate of drug-likeness (QED) is 0.823. The number of urea groups is 1. The number of amides is 3. The van der Waals surface area contributed by atoms with Crippen LogP contribution in [-0.2, 0) is 4.74 Å². The molecule has 0 aromatic carbocycles. The minimum absolute atomic E-state index is 0.119. The Morgan fingerprint density at radius 1 is 1.19 bits per heavy atom. The predicted octanol–water partition coefficient (Wildman–Crippen LogP) is 3.10. The van der Waals surface area contributed by atoms with Crippen molar-refractivity contribution >= 4 is 12.1 Å². The Kier molecular flexibility index (Phi) is 3.25. The summed E-state index contributed by atoms with van der Waals surface area (Å²) in [5.41, 5.74) is 5.17. The fourth-order valence-electron chi connectivity index (χ4n) is 8.08. The highest BCUT2D eigenvalue weighted by Crippen LogP contribution is 2.59. The third-order valence-electron chi connectivity index (χ3n) is 8.75. The summed E-state index contributed by atoms with van der Waals surface area (Å²) < 4.78 is 5.67. The third kappa shape index (κ3) is 2.37. The third-order valence-corrected chi connectivity index (χ3v) is 8.75. The monoisotopic (exact) mass is 373 g/mol. The Hall–Kier alpha value is -1.46. The van der Waals surface area contributed by atoms with E-state index in [-0.39, 0.29) is 11.1 Å². The molecule has 27 heavy (non-hydrogen) atoms. The van der Waals surface area contributed by atoms with Gasteiger partial charge in [-0.25, -0.2) is 9.59 Å². The number of hydrogen-bond acceptors (Lipinski definition) is 3. The Morgan fingerprint density at radius 3 is 2.59 bits per heavy atom. The molecule has 2 saturated heterocycles. The van der Waals surface area contributed by atoms with Crippen molar-refractivity contribution in [3.8, 4) is 0 Å². The van der Waals surface area contributed by atoms with Crippen molar-refractivity contribution in [3.05, 3.63) is 0 Å². The molecule has 5 saturated carbocycles. The molecular formula is C21H31N3O3. The largest absolute Gasteiger partial charge is 0.443 e. The number of nitrogens with zero attached hydrogens (tertiary/aromatic N) is 2. The van der Waals surface area contributed by atoms with Gasteiger partial charge in [0.05, 0.1) is 5.54 Å². The standard InChI is InChI=1S/C21H31N3O3/c22-18(25)27-21-9-14-6-15(10-21)17(16(7-14)11-21)23-12-20(8-13-2-3-13)4-1-5-24(20)19(23)26/h13-17H,1-12H2,(H2,22,25). The van der Waals surface area contributed by atoms with Crippen LogP contribution in [0.1, 0.15) is 64.2 Å². The summed E-state index contributed by atoms with van der Waals surface area (Å²) in [6.07, 6.45) is 10.8. The molecule has 3 atom stereocenters. The second kappa shape index (κ2) is 5.32. The number of primary amides is 1. The van der Waals surface area contributed by atoms with Gasteiger partial charge in [-0.15, -0.1) is 0 Å². The lowest BCUT2D eigenvalue weighted by Gasteiger charge is -2.60. The SMILES string of the molecule is NC(=O)OC12CC3CC(C1)C(N1CC4(CC5CC5)CCCN4C1=O)C(C3)C2. The van der Waals surface area contributed by atoms with Gasteiger partial charge < -0.3 is 20.3 Å². The minimum atomic E-state index is -0.630. The number of hydrogen-bond donors (Lipinski definition) is 1. The van der Waals surface area contributed by atoms with Crippen molar-refractivity contribution in [2.75, 3.05) is 13.1 Å². The Bertz CT molecular complexity index is 676. The Balaban J connectivity index is 1.27. The summed E-state index contributed by atoms with van der Waals surface area (Å²) in [6, 6.07) is 0.649. The number of carbonyl (C=O) groups excluding carboxylic acids is 2. The first-order chi connectivity index (χ1) is 13.0. The first-order valence-corrected chi connectivity index (χ1v) is 11.0. The zero-order valence-electron chi connectivity index (χ0n) is 16.1. The van der Waals surface area contributed by atoms with E-state index in [1.165, 1.54) is 44.9 Å². The van der Waals surface area contributed by atoms with Gasteiger partial charge >= 0.3 is 12.1 Å². The average molecular weight is 373 g/mol. The van der Waals surface area contributed by atoms with Gasteiger partial charge in [0.2, 0.25) is 0 Å². The van der Waals surface area contributed by atoms with Crippen LogP contribution < -0.4 is 5.73 Å². The van der Waals surface area contributed by atoms with Gasteiger partial charge in [0.25, 0.3) is 0 Å². The van der Waals surface area contributed by atoms with E-state index < -0.39 is 6.09 Å². The lowest BCUT2D eigenvalue weighted by Crippen LogP contribution is -2.63.